The standard InChI is InChI=1S/C16H21N5O5/c22-13-4-3-10(19-13)14(23)20-11(6-9-7-17-8-18-9)15(24)21-5-1-2-12(21)16(25)26/h7-12H,1-6H2,(H,19,22)(H,20,23)(H,25,26)/t9?,10-,11-,12-/m0/s1. The fourth-order valence-electron chi connectivity index (χ4n) is 3.46. The predicted molar refractivity (Wildman–Crippen MR) is 90.9 cm³/mol. The van der Waals surface area contributed by atoms with Crippen LogP contribution in [-0.4, -0.2) is 77.0 Å². The average molecular weight is 363 g/mol. The van der Waals surface area contributed by atoms with Gasteiger partial charge in [0, 0.05) is 25.6 Å². The number of nitrogens with one attached hydrogen (secondary N) is 2. The van der Waals surface area contributed by atoms with Gasteiger partial charge in [-0.25, -0.2) is 9.79 Å². The summed E-state index contributed by atoms with van der Waals surface area (Å²) in [4.78, 5) is 57.3. The van der Waals surface area contributed by atoms with Gasteiger partial charge >= 0.3 is 5.97 Å². The second-order valence-electron chi connectivity index (χ2n) is 6.61. The van der Waals surface area contributed by atoms with E-state index in [1.165, 1.54) is 11.2 Å². The molecule has 0 aromatic rings. The molecule has 4 atom stereocenters. The Morgan fingerprint density at radius 3 is 2.81 bits per heavy atom. The van der Waals surface area contributed by atoms with Crippen LogP contribution in [-0.2, 0) is 19.2 Å². The lowest BCUT2D eigenvalue weighted by Gasteiger charge is -2.28. The number of hydrogen-bond donors (Lipinski definition) is 3. The molecule has 0 aromatic carbocycles. The van der Waals surface area contributed by atoms with E-state index in [-0.39, 0.29) is 24.8 Å². The van der Waals surface area contributed by atoms with E-state index in [0.29, 0.717) is 25.8 Å². The van der Waals surface area contributed by atoms with Crippen molar-refractivity contribution in [1.82, 2.24) is 15.5 Å². The molecule has 2 fully saturated rings. The molecule has 1 unspecified atom stereocenters. The lowest BCUT2D eigenvalue weighted by molar-refractivity contribution is -0.149. The highest BCUT2D eigenvalue weighted by atomic mass is 16.4. The van der Waals surface area contributed by atoms with Gasteiger partial charge in [-0.1, -0.05) is 0 Å². The van der Waals surface area contributed by atoms with E-state index in [0.717, 1.165) is 0 Å². The van der Waals surface area contributed by atoms with Crippen LogP contribution in [0.5, 0.6) is 0 Å². The number of amides is 3. The van der Waals surface area contributed by atoms with Gasteiger partial charge in [0.2, 0.25) is 17.7 Å². The van der Waals surface area contributed by atoms with Crippen molar-refractivity contribution in [2.24, 2.45) is 9.98 Å². The van der Waals surface area contributed by atoms with Crippen molar-refractivity contribution in [2.75, 3.05) is 6.54 Å². The number of carboxylic acid groups (broad SMARTS) is 1. The largest absolute Gasteiger partial charge is 0.480 e. The zero-order valence-corrected chi connectivity index (χ0v) is 14.1. The minimum atomic E-state index is -1.05. The molecule has 26 heavy (non-hydrogen) atoms. The fraction of sp³-hybridized carbons (Fsp3) is 0.625. The molecule has 3 rings (SSSR count). The average Bonchev–Trinajstić information content (AvgIpc) is 3.34. The van der Waals surface area contributed by atoms with Gasteiger partial charge in [-0.3, -0.25) is 19.4 Å². The molecule has 0 spiro atoms. The summed E-state index contributed by atoms with van der Waals surface area (Å²) in [6.07, 6.45) is 4.77. The zero-order chi connectivity index (χ0) is 18.7. The molecule has 10 heteroatoms. The number of aliphatic imine (C=N–C) groups is 2. The van der Waals surface area contributed by atoms with Crippen molar-refractivity contribution in [1.29, 1.82) is 0 Å². The molecule has 3 heterocycles. The van der Waals surface area contributed by atoms with Gasteiger partial charge in [0.05, 0.1) is 6.04 Å². The maximum absolute atomic E-state index is 12.9. The third-order valence-corrected chi connectivity index (χ3v) is 4.81. The predicted octanol–water partition coefficient (Wildman–Crippen LogP) is -1.30. The summed E-state index contributed by atoms with van der Waals surface area (Å²) in [5.74, 6) is -2.14. The fourth-order valence-corrected chi connectivity index (χ4v) is 3.46. The van der Waals surface area contributed by atoms with E-state index in [2.05, 4.69) is 20.6 Å². The first-order valence-corrected chi connectivity index (χ1v) is 8.63. The first-order chi connectivity index (χ1) is 12.5. The van der Waals surface area contributed by atoms with Crippen molar-refractivity contribution >= 4 is 36.2 Å². The molecule has 0 radical (unpaired) electrons. The normalized spacial score (nSPS) is 28.2. The third-order valence-electron chi connectivity index (χ3n) is 4.81. The first kappa shape index (κ1) is 18.0. The quantitative estimate of drug-likeness (QED) is 0.538. The molecule has 140 valence electrons. The van der Waals surface area contributed by atoms with E-state index < -0.39 is 35.9 Å². The first-order valence-electron chi connectivity index (χ1n) is 8.63. The van der Waals surface area contributed by atoms with Gasteiger partial charge in [0.1, 0.15) is 24.5 Å². The van der Waals surface area contributed by atoms with Crippen LogP contribution in [0.15, 0.2) is 9.98 Å². The lowest BCUT2D eigenvalue weighted by atomic mass is 10.1. The van der Waals surface area contributed by atoms with Crippen LogP contribution in [0.1, 0.15) is 32.1 Å². The molecule has 2 saturated heterocycles. The number of hydrogen-bond acceptors (Lipinski definition) is 6. The van der Waals surface area contributed by atoms with E-state index in [1.807, 2.05) is 0 Å². The van der Waals surface area contributed by atoms with E-state index in [9.17, 15) is 24.3 Å². The van der Waals surface area contributed by atoms with Crippen molar-refractivity contribution in [3.63, 3.8) is 0 Å². The number of nitrogens with zero attached hydrogens (tertiary/aromatic N) is 3. The molecular weight excluding hydrogens is 342 g/mol. The zero-order valence-electron chi connectivity index (χ0n) is 14.1. The topological polar surface area (TPSA) is 141 Å². The summed E-state index contributed by atoms with van der Waals surface area (Å²) >= 11 is 0. The van der Waals surface area contributed by atoms with Crippen molar-refractivity contribution in [3.8, 4) is 0 Å². The Kier molecular flexibility index (Phi) is 5.29. The molecular formula is C16H21N5O5. The van der Waals surface area contributed by atoms with Gasteiger partial charge in [-0.2, -0.15) is 0 Å². The van der Waals surface area contributed by atoms with Gasteiger partial charge in [-0.15, -0.1) is 0 Å². The SMILES string of the molecule is O=C1CC[C@@H](C(=O)N[C@@H](CC2C=NC=N2)C(=O)N2CCC[C@H]2C(=O)O)N1. The van der Waals surface area contributed by atoms with E-state index in [4.69, 9.17) is 0 Å². The van der Waals surface area contributed by atoms with Crippen LogP contribution in [0, 0.1) is 0 Å². The highest BCUT2D eigenvalue weighted by Gasteiger charge is 2.39. The summed E-state index contributed by atoms with van der Waals surface area (Å²) in [5.41, 5.74) is 0. The number of likely N-dealkylation sites (tertiary alicyclic amines) is 1. The van der Waals surface area contributed by atoms with Crippen LogP contribution in [0.25, 0.3) is 0 Å². The van der Waals surface area contributed by atoms with Gasteiger partial charge in [-0.05, 0) is 19.3 Å². The van der Waals surface area contributed by atoms with Crippen LogP contribution in [0.4, 0.5) is 0 Å². The Hall–Kier alpha value is -2.78. The van der Waals surface area contributed by atoms with E-state index in [1.54, 1.807) is 6.21 Å². The summed E-state index contributed by atoms with van der Waals surface area (Å²) in [5, 5.41) is 14.5. The molecule has 3 aliphatic rings. The van der Waals surface area contributed by atoms with Crippen LogP contribution in [0.2, 0.25) is 0 Å². The molecule has 3 N–H and O–H groups in total. The number of carboxylic acids is 1. The van der Waals surface area contributed by atoms with Crippen LogP contribution < -0.4 is 10.6 Å². The summed E-state index contributed by atoms with van der Waals surface area (Å²) in [6.45, 7) is 0.338. The van der Waals surface area contributed by atoms with Gasteiger partial charge in [0.25, 0.3) is 0 Å². The maximum atomic E-state index is 12.9. The molecule has 0 bridgehead atoms. The number of carbonyl (C=O) groups excluding carboxylic acids is 3. The Morgan fingerprint density at radius 2 is 2.19 bits per heavy atom. The highest BCUT2D eigenvalue weighted by Crippen LogP contribution is 2.20. The monoisotopic (exact) mass is 363 g/mol. The molecule has 0 aliphatic carbocycles. The minimum Gasteiger partial charge on any atom is -0.480 e. The molecule has 0 saturated carbocycles. The summed E-state index contributed by atoms with van der Waals surface area (Å²) in [6, 6.07) is -2.83. The number of rotatable bonds is 6. The molecule has 3 aliphatic heterocycles. The van der Waals surface area contributed by atoms with Crippen molar-refractivity contribution in [3.05, 3.63) is 0 Å². The molecule has 3 amide bonds. The van der Waals surface area contributed by atoms with Crippen LogP contribution in [0.3, 0.4) is 0 Å². The summed E-state index contributed by atoms with van der Waals surface area (Å²) < 4.78 is 0. The van der Waals surface area contributed by atoms with E-state index >= 15 is 0 Å². The summed E-state index contributed by atoms with van der Waals surface area (Å²) in [7, 11) is 0. The second kappa shape index (κ2) is 7.63. The van der Waals surface area contributed by atoms with Crippen molar-refractivity contribution in [2.45, 2.75) is 56.3 Å². The molecule has 0 aromatic heterocycles. The molecule has 10 nitrogen and oxygen atoms in total. The maximum Gasteiger partial charge on any atom is 0.326 e. The third kappa shape index (κ3) is 3.89. The van der Waals surface area contributed by atoms with Gasteiger partial charge in [0.15, 0.2) is 0 Å². The van der Waals surface area contributed by atoms with Gasteiger partial charge < -0.3 is 20.6 Å². The Bertz CT molecular complexity index is 664. The smallest absolute Gasteiger partial charge is 0.326 e. The number of aliphatic carboxylic acids is 1. The van der Waals surface area contributed by atoms with Crippen LogP contribution >= 0.6 is 0 Å². The highest BCUT2D eigenvalue weighted by molar-refractivity contribution is 5.95. The van der Waals surface area contributed by atoms with Crippen molar-refractivity contribution < 1.29 is 24.3 Å². The second-order valence-corrected chi connectivity index (χ2v) is 6.61. The number of carbonyl (C=O) groups is 4. The minimum absolute atomic E-state index is 0.189. The Labute approximate surface area is 149 Å². The Balaban J connectivity index is 1.71. The lowest BCUT2D eigenvalue weighted by Crippen LogP contribution is -2.55. The Morgan fingerprint density at radius 1 is 1.38 bits per heavy atom.